The number of aliphatic hydroxyl groups excluding tert-OH is 2. The van der Waals surface area contributed by atoms with E-state index < -0.39 is 24.9 Å². The number of nitroso groups, excluding NO2 is 1. The van der Waals surface area contributed by atoms with Crippen molar-refractivity contribution in [2.45, 2.75) is 38.0 Å². The summed E-state index contributed by atoms with van der Waals surface area (Å²) in [6, 6.07) is -0.697. The lowest BCUT2D eigenvalue weighted by atomic mass is 10.1. The van der Waals surface area contributed by atoms with Crippen LogP contribution in [0.25, 0.3) is 0 Å². The summed E-state index contributed by atoms with van der Waals surface area (Å²) in [5.74, 6) is 0. The minimum atomic E-state index is -1.04. The maximum atomic E-state index is 11.7. The second kappa shape index (κ2) is 6.02. The quantitative estimate of drug-likeness (QED) is 0.587. The van der Waals surface area contributed by atoms with Gasteiger partial charge in [-0.3, -0.25) is 0 Å². The van der Waals surface area contributed by atoms with Gasteiger partial charge in [0.25, 0.3) is 0 Å². The maximum Gasteiger partial charge on any atom is 0.115 e. The van der Waals surface area contributed by atoms with Crippen LogP contribution in [0.1, 0.15) is 19.8 Å². The van der Waals surface area contributed by atoms with Crippen LogP contribution >= 0.6 is 0 Å². The van der Waals surface area contributed by atoms with E-state index >= 15 is 0 Å². The third kappa shape index (κ3) is 4.35. The molecule has 2 N–H and O–H groups in total. The van der Waals surface area contributed by atoms with Crippen LogP contribution in [0.15, 0.2) is 5.18 Å². The van der Waals surface area contributed by atoms with Crippen LogP contribution in [0.2, 0.25) is 0 Å². The fraction of sp³-hybridized carbons (Fsp3) is 1.00. The van der Waals surface area contributed by atoms with Crippen LogP contribution in [0.3, 0.4) is 0 Å². The summed E-state index contributed by atoms with van der Waals surface area (Å²) in [7, 11) is 0. The molecule has 0 aromatic heterocycles. The van der Waals surface area contributed by atoms with Crippen LogP contribution in [0, 0.1) is 4.91 Å². The molecule has 0 saturated heterocycles. The summed E-state index contributed by atoms with van der Waals surface area (Å²) in [6.07, 6.45) is -1.59. The lowest BCUT2D eigenvalue weighted by molar-refractivity contribution is 0.0881. The lowest BCUT2D eigenvalue weighted by Gasteiger charge is -2.13. The van der Waals surface area contributed by atoms with Gasteiger partial charge in [0.05, 0.1) is 12.2 Å². The van der Waals surface area contributed by atoms with Gasteiger partial charge >= 0.3 is 0 Å². The van der Waals surface area contributed by atoms with Crippen molar-refractivity contribution in [1.82, 2.24) is 0 Å². The first-order valence-corrected chi connectivity index (χ1v) is 3.86. The van der Waals surface area contributed by atoms with Gasteiger partial charge in [-0.05, 0) is 19.8 Å². The third-order valence-corrected chi connectivity index (χ3v) is 1.70. The molecule has 0 spiro atoms. The van der Waals surface area contributed by atoms with Gasteiger partial charge in [0.2, 0.25) is 0 Å². The predicted octanol–water partition coefficient (Wildman–Crippen LogP) is 0.613. The Morgan fingerprint density at radius 1 is 1.42 bits per heavy atom. The number of aliphatic hydroxyl groups is 2. The highest BCUT2D eigenvalue weighted by Crippen LogP contribution is 2.07. The van der Waals surface area contributed by atoms with E-state index in [4.69, 9.17) is 10.2 Å². The molecule has 0 radical (unpaired) electrons. The lowest BCUT2D eigenvalue weighted by Crippen LogP contribution is -2.23. The molecule has 0 aliphatic carbocycles. The zero-order valence-electron chi connectivity index (χ0n) is 6.98. The molecule has 72 valence electrons. The summed E-state index contributed by atoms with van der Waals surface area (Å²) in [4.78, 5) is 9.91. The van der Waals surface area contributed by atoms with Gasteiger partial charge in [0.1, 0.15) is 12.7 Å². The zero-order chi connectivity index (χ0) is 9.56. The normalized spacial score (nSPS) is 18.3. The van der Waals surface area contributed by atoms with E-state index in [1.54, 1.807) is 0 Å². The molecular formula is C7H14FNO3. The molecule has 3 unspecified atom stereocenters. The van der Waals surface area contributed by atoms with Crippen molar-refractivity contribution in [3.63, 3.8) is 0 Å². The fourth-order valence-electron chi connectivity index (χ4n) is 0.752. The van der Waals surface area contributed by atoms with Crippen molar-refractivity contribution in [3.05, 3.63) is 4.91 Å². The second-order valence-electron chi connectivity index (χ2n) is 2.80. The second-order valence-corrected chi connectivity index (χ2v) is 2.80. The van der Waals surface area contributed by atoms with Crippen molar-refractivity contribution < 1.29 is 14.6 Å². The average molecular weight is 179 g/mol. The average Bonchev–Trinajstić information content (AvgIpc) is 2.11. The highest BCUT2D eigenvalue weighted by molar-refractivity contribution is 4.71. The molecule has 12 heavy (non-hydrogen) atoms. The van der Waals surface area contributed by atoms with E-state index in [1.165, 1.54) is 6.92 Å². The monoisotopic (exact) mass is 179 g/mol. The van der Waals surface area contributed by atoms with Crippen molar-refractivity contribution >= 4 is 0 Å². The van der Waals surface area contributed by atoms with Crippen LogP contribution in [-0.4, -0.2) is 35.1 Å². The Kier molecular flexibility index (Phi) is 5.74. The number of rotatable bonds is 6. The van der Waals surface area contributed by atoms with Crippen molar-refractivity contribution in [1.29, 1.82) is 0 Å². The topological polar surface area (TPSA) is 69.9 Å². The van der Waals surface area contributed by atoms with Gasteiger partial charge in [-0.15, -0.1) is 0 Å². The van der Waals surface area contributed by atoms with Crippen molar-refractivity contribution in [2.75, 3.05) is 6.67 Å². The minimum absolute atomic E-state index is 0.150. The molecule has 4 nitrogen and oxygen atoms in total. The standard InChI is InChI=1S/C7H14FNO3/c1-5(9-12)7(11)3-2-6(10)4-8/h5-7,10-11H,2-4H2,1H3. The van der Waals surface area contributed by atoms with E-state index in [9.17, 15) is 9.30 Å². The first-order valence-electron chi connectivity index (χ1n) is 3.86. The van der Waals surface area contributed by atoms with E-state index in [2.05, 4.69) is 5.18 Å². The van der Waals surface area contributed by atoms with E-state index in [0.29, 0.717) is 0 Å². The smallest absolute Gasteiger partial charge is 0.115 e. The van der Waals surface area contributed by atoms with E-state index in [-0.39, 0.29) is 12.8 Å². The van der Waals surface area contributed by atoms with Gasteiger partial charge in [0, 0.05) is 0 Å². The molecule has 5 heteroatoms. The number of nitrogens with zero attached hydrogens (tertiary/aromatic N) is 1. The summed E-state index contributed by atoms with van der Waals surface area (Å²) >= 11 is 0. The predicted molar refractivity (Wildman–Crippen MR) is 42.5 cm³/mol. The Labute approximate surface area is 70.4 Å². The first kappa shape index (κ1) is 11.4. The Bertz CT molecular complexity index is 134. The molecule has 0 rings (SSSR count). The van der Waals surface area contributed by atoms with Gasteiger partial charge < -0.3 is 10.2 Å². The molecule has 0 amide bonds. The molecule has 0 aromatic rings. The molecule has 0 aromatic carbocycles. The first-order chi connectivity index (χ1) is 5.61. The Hall–Kier alpha value is -0.550. The van der Waals surface area contributed by atoms with E-state index in [0.717, 1.165) is 0 Å². The molecule has 0 fully saturated rings. The highest BCUT2D eigenvalue weighted by Gasteiger charge is 2.15. The largest absolute Gasteiger partial charge is 0.391 e. The van der Waals surface area contributed by atoms with E-state index in [1.807, 2.05) is 0 Å². The van der Waals surface area contributed by atoms with Crippen LogP contribution < -0.4 is 0 Å². The molecule has 0 aliphatic rings. The number of alkyl halides is 1. The summed E-state index contributed by atoms with van der Waals surface area (Å²) < 4.78 is 11.7. The Morgan fingerprint density at radius 2 is 2.00 bits per heavy atom. The number of halogens is 1. The molecule has 0 bridgehead atoms. The molecule has 3 atom stereocenters. The minimum Gasteiger partial charge on any atom is -0.391 e. The molecule has 0 aliphatic heterocycles. The van der Waals surface area contributed by atoms with Crippen LogP contribution in [-0.2, 0) is 0 Å². The summed E-state index contributed by atoms with van der Waals surface area (Å²) in [5.41, 5.74) is 0. The molecule has 0 saturated carbocycles. The van der Waals surface area contributed by atoms with Crippen LogP contribution in [0.5, 0.6) is 0 Å². The number of hydrogen-bond donors (Lipinski definition) is 2. The zero-order valence-corrected chi connectivity index (χ0v) is 6.98. The summed E-state index contributed by atoms with van der Waals surface area (Å²) in [5, 5.41) is 20.5. The third-order valence-electron chi connectivity index (χ3n) is 1.70. The van der Waals surface area contributed by atoms with Gasteiger partial charge in [-0.25, -0.2) is 4.39 Å². The summed E-state index contributed by atoms with van der Waals surface area (Å²) in [6.45, 7) is 0.648. The SMILES string of the molecule is CC(N=O)C(O)CCC(O)CF. The fourth-order valence-corrected chi connectivity index (χ4v) is 0.752. The molecule has 0 heterocycles. The molecular weight excluding hydrogens is 165 g/mol. The van der Waals surface area contributed by atoms with Crippen molar-refractivity contribution in [2.24, 2.45) is 5.18 Å². The van der Waals surface area contributed by atoms with Gasteiger partial charge in [-0.1, -0.05) is 5.18 Å². The maximum absolute atomic E-state index is 11.7. The van der Waals surface area contributed by atoms with Gasteiger partial charge in [0.15, 0.2) is 0 Å². The van der Waals surface area contributed by atoms with Gasteiger partial charge in [-0.2, -0.15) is 4.91 Å². The number of hydrogen-bond acceptors (Lipinski definition) is 4. The van der Waals surface area contributed by atoms with Crippen LogP contribution in [0.4, 0.5) is 4.39 Å². The van der Waals surface area contributed by atoms with Crippen molar-refractivity contribution in [3.8, 4) is 0 Å². The Morgan fingerprint density at radius 3 is 2.42 bits per heavy atom. The Balaban J connectivity index is 3.55. The highest BCUT2D eigenvalue weighted by atomic mass is 19.1.